The molecule has 1 aliphatic heterocycles. The summed E-state index contributed by atoms with van der Waals surface area (Å²) in [6, 6.07) is 2.82. The van der Waals surface area contributed by atoms with Crippen molar-refractivity contribution in [2.45, 2.75) is 17.9 Å². The molecule has 1 saturated heterocycles. The van der Waals surface area contributed by atoms with Crippen LogP contribution in [0.5, 0.6) is 0 Å². The van der Waals surface area contributed by atoms with Gasteiger partial charge in [0.2, 0.25) is 0 Å². The Morgan fingerprint density at radius 1 is 1.56 bits per heavy atom. The maximum absolute atomic E-state index is 12.0. The molecule has 1 aromatic heterocycles. The fourth-order valence-electron chi connectivity index (χ4n) is 1.98. The van der Waals surface area contributed by atoms with Crippen LogP contribution in [0.4, 0.5) is 5.69 Å². The molecule has 1 N–H and O–H groups in total. The highest BCUT2D eigenvalue weighted by molar-refractivity contribution is 7.84. The molecular weight excluding hydrogens is 254 g/mol. The molecule has 18 heavy (non-hydrogen) atoms. The summed E-state index contributed by atoms with van der Waals surface area (Å²) in [6.07, 6.45) is 3.34. The molecule has 0 amide bonds. The fraction of sp³-hybridized carbons (Fsp3) is 0.545. The lowest BCUT2D eigenvalue weighted by Gasteiger charge is -2.21. The van der Waals surface area contributed by atoms with Gasteiger partial charge >= 0.3 is 0 Å². The van der Waals surface area contributed by atoms with Gasteiger partial charge in [-0.05, 0) is 37.9 Å². The average Bonchev–Trinajstić information content (AvgIpc) is 2.40. The first-order chi connectivity index (χ1) is 8.66. The maximum atomic E-state index is 12.0. The minimum atomic E-state index is -1.18. The number of nitrogens with one attached hydrogen (secondary N) is 1. The van der Waals surface area contributed by atoms with Crippen LogP contribution in [-0.2, 0) is 10.8 Å². The van der Waals surface area contributed by atoms with Crippen molar-refractivity contribution in [3.8, 4) is 0 Å². The average molecular weight is 269 g/mol. The van der Waals surface area contributed by atoms with E-state index in [0.717, 1.165) is 32.1 Å². The maximum Gasteiger partial charge on any atom is 0.287 e. The van der Waals surface area contributed by atoms with Gasteiger partial charge in [-0.15, -0.1) is 0 Å². The number of pyridine rings is 1. The minimum absolute atomic E-state index is 0.0740. The number of piperidine rings is 1. The SMILES string of the molecule is O=[N+]([O-])c1ccc(S(=O)CC2CCCNC2)nc1. The Balaban J connectivity index is 1.97. The van der Waals surface area contributed by atoms with E-state index >= 15 is 0 Å². The van der Waals surface area contributed by atoms with Crippen LogP contribution in [0.3, 0.4) is 0 Å². The number of hydrogen-bond donors (Lipinski definition) is 1. The number of aromatic nitrogens is 1. The summed E-state index contributed by atoms with van der Waals surface area (Å²) in [4.78, 5) is 13.9. The predicted octanol–water partition coefficient (Wildman–Crippen LogP) is 1.10. The third kappa shape index (κ3) is 3.33. The second-order valence-electron chi connectivity index (χ2n) is 4.34. The molecule has 1 fully saturated rings. The van der Waals surface area contributed by atoms with E-state index in [2.05, 4.69) is 10.3 Å². The summed E-state index contributed by atoms with van der Waals surface area (Å²) in [7, 11) is -1.18. The molecule has 2 atom stereocenters. The monoisotopic (exact) mass is 269 g/mol. The molecule has 0 spiro atoms. The molecule has 7 heteroatoms. The van der Waals surface area contributed by atoms with Gasteiger partial charge < -0.3 is 5.32 Å². The van der Waals surface area contributed by atoms with E-state index < -0.39 is 15.7 Å². The summed E-state index contributed by atoms with van der Waals surface area (Å²) in [6.45, 7) is 1.91. The quantitative estimate of drug-likeness (QED) is 0.653. The van der Waals surface area contributed by atoms with Gasteiger partial charge in [0.1, 0.15) is 11.2 Å². The Bertz CT molecular complexity index is 443. The molecule has 2 heterocycles. The Morgan fingerprint density at radius 2 is 2.39 bits per heavy atom. The molecule has 0 aliphatic carbocycles. The van der Waals surface area contributed by atoms with Crippen molar-refractivity contribution in [1.29, 1.82) is 0 Å². The molecule has 2 rings (SSSR count). The van der Waals surface area contributed by atoms with Crippen LogP contribution in [0.15, 0.2) is 23.4 Å². The second-order valence-corrected chi connectivity index (χ2v) is 5.78. The van der Waals surface area contributed by atoms with Gasteiger partial charge in [-0.3, -0.25) is 14.3 Å². The number of nitrogens with zero attached hydrogens (tertiary/aromatic N) is 2. The second kappa shape index (κ2) is 6.01. The highest BCUT2D eigenvalue weighted by Gasteiger charge is 2.18. The first kappa shape index (κ1) is 13.1. The lowest BCUT2D eigenvalue weighted by molar-refractivity contribution is -0.385. The van der Waals surface area contributed by atoms with Crippen molar-refractivity contribution in [3.63, 3.8) is 0 Å². The van der Waals surface area contributed by atoms with Gasteiger partial charge in [-0.25, -0.2) is 4.98 Å². The van der Waals surface area contributed by atoms with E-state index in [9.17, 15) is 14.3 Å². The topological polar surface area (TPSA) is 85.1 Å². The van der Waals surface area contributed by atoms with Gasteiger partial charge in [-0.1, -0.05) is 0 Å². The molecule has 1 aliphatic rings. The molecule has 6 nitrogen and oxygen atoms in total. The van der Waals surface area contributed by atoms with Crippen LogP contribution in [0, 0.1) is 16.0 Å². The molecular formula is C11H15N3O3S. The Labute approximate surface area is 107 Å². The van der Waals surface area contributed by atoms with Gasteiger partial charge in [-0.2, -0.15) is 0 Å². The zero-order valence-electron chi connectivity index (χ0n) is 9.87. The van der Waals surface area contributed by atoms with Crippen molar-refractivity contribution < 1.29 is 9.13 Å². The summed E-state index contributed by atoms with van der Waals surface area (Å²) < 4.78 is 12.0. The van der Waals surface area contributed by atoms with Crippen molar-refractivity contribution >= 4 is 16.5 Å². The van der Waals surface area contributed by atoms with E-state index in [-0.39, 0.29) is 5.69 Å². The van der Waals surface area contributed by atoms with Crippen LogP contribution in [0.25, 0.3) is 0 Å². The number of rotatable bonds is 4. The third-order valence-corrected chi connectivity index (χ3v) is 4.43. The molecule has 2 unspecified atom stereocenters. The van der Waals surface area contributed by atoms with Gasteiger partial charge in [0.05, 0.1) is 15.7 Å². The highest BCUT2D eigenvalue weighted by Crippen LogP contribution is 2.16. The van der Waals surface area contributed by atoms with Crippen molar-refractivity contribution in [3.05, 3.63) is 28.4 Å². The summed E-state index contributed by atoms with van der Waals surface area (Å²) in [5, 5.41) is 14.2. The third-order valence-electron chi connectivity index (χ3n) is 2.95. The van der Waals surface area contributed by atoms with Gasteiger partial charge in [0, 0.05) is 11.8 Å². The van der Waals surface area contributed by atoms with Crippen LogP contribution in [0.1, 0.15) is 12.8 Å². The van der Waals surface area contributed by atoms with Crippen molar-refractivity contribution in [2.24, 2.45) is 5.92 Å². The zero-order valence-corrected chi connectivity index (χ0v) is 10.7. The Kier molecular flexibility index (Phi) is 4.38. The van der Waals surface area contributed by atoms with Gasteiger partial charge in [0.15, 0.2) is 0 Å². The lowest BCUT2D eigenvalue weighted by atomic mass is 10.0. The molecule has 0 radical (unpaired) electrons. The fourth-order valence-corrected chi connectivity index (χ4v) is 3.25. The Hall–Kier alpha value is -1.34. The molecule has 0 saturated carbocycles. The lowest BCUT2D eigenvalue weighted by Crippen LogP contribution is -2.32. The molecule has 1 aromatic rings. The first-order valence-electron chi connectivity index (χ1n) is 5.86. The van der Waals surface area contributed by atoms with E-state index in [1.165, 1.54) is 12.1 Å². The largest absolute Gasteiger partial charge is 0.316 e. The molecule has 0 bridgehead atoms. The van der Waals surface area contributed by atoms with E-state index in [0.29, 0.717) is 16.7 Å². The highest BCUT2D eigenvalue weighted by atomic mass is 32.2. The first-order valence-corrected chi connectivity index (χ1v) is 7.18. The van der Waals surface area contributed by atoms with Crippen LogP contribution in [-0.4, -0.2) is 33.0 Å². The summed E-state index contributed by atoms with van der Waals surface area (Å²) >= 11 is 0. The normalized spacial score (nSPS) is 21.4. The van der Waals surface area contributed by atoms with Gasteiger partial charge in [0.25, 0.3) is 5.69 Å². The minimum Gasteiger partial charge on any atom is -0.316 e. The van der Waals surface area contributed by atoms with E-state index in [4.69, 9.17) is 0 Å². The summed E-state index contributed by atoms with van der Waals surface area (Å²) in [5.74, 6) is 0.967. The van der Waals surface area contributed by atoms with Crippen LogP contribution >= 0.6 is 0 Å². The number of nitro groups is 1. The zero-order chi connectivity index (χ0) is 13.0. The van der Waals surface area contributed by atoms with E-state index in [1.807, 2.05) is 0 Å². The van der Waals surface area contributed by atoms with Crippen LogP contribution in [0.2, 0.25) is 0 Å². The van der Waals surface area contributed by atoms with E-state index in [1.54, 1.807) is 0 Å². The molecule has 0 aromatic carbocycles. The smallest absolute Gasteiger partial charge is 0.287 e. The predicted molar refractivity (Wildman–Crippen MR) is 67.8 cm³/mol. The summed E-state index contributed by atoms with van der Waals surface area (Å²) in [5.41, 5.74) is -0.0740. The van der Waals surface area contributed by atoms with Crippen molar-refractivity contribution in [1.82, 2.24) is 10.3 Å². The number of hydrogen-bond acceptors (Lipinski definition) is 5. The molecule has 98 valence electrons. The van der Waals surface area contributed by atoms with Crippen molar-refractivity contribution in [2.75, 3.05) is 18.8 Å². The standard InChI is InChI=1S/C11H15N3O3S/c15-14(16)10-3-4-11(13-7-10)18(17)8-9-2-1-5-12-6-9/h3-4,7,9,12H,1-2,5-6,8H2. The van der Waals surface area contributed by atoms with Crippen LogP contribution < -0.4 is 5.32 Å². The Morgan fingerprint density at radius 3 is 2.94 bits per heavy atom.